The van der Waals surface area contributed by atoms with E-state index in [1.54, 1.807) is 30.3 Å². The van der Waals surface area contributed by atoms with E-state index in [9.17, 15) is 14.7 Å². The van der Waals surface area contributed by atoms with E-state index >= 15 is 0 Å². The quantitative estimate of drug-likeness (QED) is 0.835. The van der Waals surface area contributed by atoms with Crippen LogP contribution >= 0.6 is 0 Å². The third kappa shape index (κ3) is 2.69. The average Bonchev–Trinajstić information content (AvgIpc) is 2.76. The zero-order valence-corrected chi connectivity index (χ0v) is 11.8. The van der Waals surface area contributed by atoms with Crippen LogP contribution in [-0.4, -0.2) is 16.8 Å². The van der Waals surface area contributed by atoms with Crippen LogP contribution in [0, 0.1) is 0 Å². The largest absolute Gasteiger partial charge is 0.508 e. The first-order valence-corrected chi connectivity index (χ1v) is 6.68. The Morgan fingerprint density at radius 1 is 1.18 bits per heavy atom. The summed E-state index contributed by atoms with van der Waals surface area (Å²) in [5.74, 6) is 0.239. The molecule has 2 N–H and O–H groups in total. The number of carbonyl (C=O) groups excluding carboxylic acids is 2. The summed E-state index contributed by atoms with van der Waals surface area (Å²) >= 11 is 0. The van der Waals surface area contributed by atoms with Crippen LogP contribution < -0.4 is 10.1 Å². The molecule has 0 unspecified atom stereocenters. The van der Waals surface area contributed by atoms with E-state index in [2.05, 4.69) is 5.32 Å². The van der Waals surface area contributed by atoms with Crippen LogP contribution in [0.2, 0.25) is 0 Å². The van der Waals surface area contributed by atoms with Gasteiger partial charge in [0, 0.05) is 18.7 Å². The van der Waals surface area contributed by atoms with E-state index in [1.807, 2.05) is 0 Å². The number of ether oxygens (including phenoxy) is 1. The second-order valence-electron chi connectivity index (χ2n) is 4.92. The Hall–Kier alpha value is -3.08. The lowest BCUT2D eigenvalue weighted by atomic mass is 10.1. The van der Waals surface area contributed by atoms with Gasteiger partial charge in [0.25, 0.3) is 0 Å². The summed E-state index contributed by atoms with van der Waals surface area (Å²) in [4.78, 5) is 23.2. The summed E-state index contributed by atoms with van der Waals surface area (Å²) in [5.41, 5.74) is 1.88. The molecule has 1 aliphatic heterocycles. The lowest BCUT2D eigenvalue weighted by molar-refractivity contribution is -0.114. The molecule has 0 bridgehead atoms. The minimum absolute atomic E-state index is 0.0486. The maximum atomic E-state index is 12.2. The number of rotatable bonds is 2. The molecule has 0 saturated heterocycles. The molecule has 5 nitrogen and oxygen atoms in total. The number of allylic oxidation sites excluding steroid dienone is 1. The van der Waals surface area contributed by atoms with Crippen molar-refractivity contribution < 1.29 is 19.4 Å². The number of hydrogen-bond donors (Lipinski definition) is 2. The van der Waals surface area contributed by atoms with Gasteiger partial charge in [-0.05, 0) is 35.9 Å². The Morgan fingerprint density at radius 2 is 1.91 bits per heavy atom. The molecule has 3 rings (SSSR count). The van der Waals surface area contributed by atoms with Gasteiger partial charge in [0.05, 0.1) is 5.56 Å². The molecule has 0 radical (unpaired) electrons. The van der Waals surface area contributed by atoms with Crippen LogP contribution in [0.25, 0.3) is 6.08 Å². The zero-order chi connectivity index (χ0) is 15.7. The molecule has 110 valence electrons. The number of Topliss-reactive ketones (excluding diaryl/α,β-unsaturated/α-hetero) is 1. The summed E-state index contributed by atoms with van der Waals surface area (Å²) in [5, 5.41) is 12.1. The van der Waals surface area contributed by atoms with Crippen LogP contribution in [-0.2, 0) is 4.79 Å². The third-order valence-corrected chi connectivity index (χ3v) is 3.18. The lowest BCUT2D eigenvalue weighted by Gasteiger charge is -2.02. The average molecular weight is 295 g/mol. The fourth-order valence-electron chi connectivity index (χ4n) is 2.19. The highest BCUT2D eigenvalue weighted by molar-refractivity contribution is 6.14. The molecule has 2 aromatic rings. The molecule has 1 heterocycles. The minimum Gasteiger partial charge on any atom is -0.508 e. The smallest absolute Gasteiger partial charge is 0.231 e. The van der Waals surface area contributed by atoms with Gasteiger partial charge in [-0.15, -0.1) is 0 Å². The number of hydrogen-bond acceptors (Lipinski definition) is 4. The van der Waals surface area contributed by atoms with Gasteiger partial charge in [0.1, 0.15) is 11.5 Å². The highest BCUT2D eigenvalue weighted by atomic mass is 16.5. The normalized spacial score (nSPS) is 14.6. The predicted molar refractivity (Wildman–Crippen MR) is 81.8 cm³/mol. The fourth-order valence-corrected chi connectivity index (χ4v) is 2.19. The predicted octanol–water partition coefficient (Wildman–Crippen LogP) is 2.97. The number of fused-ring (bicyclic) bond motifs is 1. The molecule has 0 fully saturated rings. The number of phenols is 1. The van der Waals surface area contributed by atoms with Crippen LogP contribution in [0.3, 0.4) is 0 Å². The maximum Gasteiger partial charge on any atom is 0.231 e. The maximum absolute atomic E-state index is 12.2. The summed E-state index contributed by atoms with van der Waals surface area (Å²) < 4.78 is 5.48. The van der Waals surface area contributed by atoms with Gasteiger partial charge in [-0.25, -0.2) is 0 Å². The molecular formula is C17H13NO4. The molecule has 5 heteroatoms. The van der Waals surface area contributed by atoms with Crippen molar-refractivity contribution in [1.29, 1.82) is 0 Å². The topological polar surface area (TPSA) is 75.6 Å². The minimum atomic E-state index is -0.221. The highest BCUT2D eigenvalue weighted by Crippen LogP contribution is 2.34. The van der Waals surface area contributed by atoms with Gasteiger partial charge in [0.15, 0.2) is 5.76 Å². The van der Waals surface area contributed by atoms with E-state index < -0.39 is 0 Å². The molecule has 0 aliphatic carbocycles. The Labute approximate surface area is 126 Å². The second kappa shape index (κ2) is 5.37. The molecule has 22 heavy (non-hydrogen) atoms. The zero-order valence-electron chi connectivity index (χ0n) is 11.8. The lowest BCUT2D eigenvalue weighted by Crippen LogP contribution is -2.05. The molecular weight excluding hydrogens is 282 g/mol. The summed E-state index contributed by atoms with van der Waals surface area (Å²) in [7, 11) is 0. The Balaban J connectivity index is 1.85. The van der Waals surface area contributed by atoms with Crippen molar-refractivity contribution in [3.8, 4) is 11.5 Å². The van der Waals surface area contributed by atoms with Crippen molar-refractivity contribution in [2.45, 2.75) is 6.92 Å². The molecule has 1 amide bonds. The van der Waals surface area contributed by atoms with Crippen molar-refractivity contribution in [1.82, 2.24) is 0 Å². The Bertz CT molecular complexity index is 791. The molecule has 1 aliphatic rings. The van der Waals surface area contributed by atoms with Crippen molar-refractivity contribution in [2.24, 2.45) is 0 Å². The van der Waals surface area contributed by atoms with Gasteiger partial charge in [-0.3, -0.25) is 9.59 Å². The van der Waals surface area contributed by atoms with E-state index in [0.717, 1.165) is 5.56 Å². The molecule has 2 aromatic carbocycles. The standard InChI is InChI=1S/C17H13NO4/c1-10(19)18-12-4-2-11(3-5-12)8-16-17(21)14-7-6-13(20)9-15(14)22-16/h2-9,20H,1H3,(H,18,19). The SMILES string of the molecule is CC(=O)Nc1ccc(C=C2Oc3cc(O)ccc3C2=O)cc1. The van der Waals surface area contributed by atoms with Gasteiger partial charge < -0.3 is 15.2 Å². The van der Waals surface area contributed by atoms with Crippen molar-refractivity contribution in [3.05, 3.63) is 59.4 Å². The Morgan fingerprint density at radius 3 is 2.59 bits per heavy atom. The summed E-state index contributed by atoms with van der Waals surface area (Å²) in [6, 6.07) is 11.4. The molecule has 0 aromatic heterocycles. The third-order valence-electron chi connectivity index (χ3n) is 3.18. The monoisotopic (exact) mass is 295 g/mol. The molecule has 0 atom stereocenters. The van der Waals surface area contributed by atoms with E-state index in [-0.39, 0.29) is 23.2 Å². The summed E-state index contributed by atoms with van der Waals surface area (Å²) in [6.07, 6.45) is 1.62. The van der Waals surface area contributed by atoms with Crippen molar-refractivity contribution in [3.63, 3.8) is 0 Å². The number of carbonyl (C=O) groups is 2. The van der Waals surface area contributed by atoms with E-state index in [1.165, 1.54) is 25.1 Å². The van der Waals surface area contributed by atoms with Crippen LogP contribution in [0.1, 0.15) is 22.8 Å². The van der Waals surface area contributed by atoms with Gasteiger partial charge in [0.2, 0.25) is 11.7 Å². The first-order chi connectivity index (χ1) is 10.5. The first-order valence-electron chi connectivity index (χ1n) is 6.68. The van der Waals surface area contributed by atoms with Gasteiger partial charge in [-0.1, -0.05) is 12.1 Å². The highest BCUT2D eigenvalue weighted by Gasteiger charge is 2.27. The first kappa shape index (κ1) is 13.9. The van der Waals surface area contributed by atoms with Crippen LogP contribution in [0.5, 0.6) is 11.5 Å². The number of phenolic OH excluding ortho intramolecular Hbond substituents is 1. The molecule has 0 saturated carbocycles. The number of nitrogens with one attached hydrogen (secondary N) is 1. The number of anilines is 1. The van der Waals surface area contributed by atoms with Crippen LogP contribution in [0.4, 0.5) is 5.69 Å². The van der Waals surface area contributed by atoms with Gasteiger partial charge in [-0.2, -0.15) is 0 Å². The van der Waals surface area contributed by atoms with E-state index in [4.69, 9.17) is 4.74 Å². The van der Waals surface area contributed by atoms with E-state index in [0.29, 0.717) is 17.0 Å². The van der Waals surface area contributed by atoms with Crippen molar-refractivity contribution in [2.75, 3.05) is 5.32 Å². The Kier molecular flexibility index (Phi) is 3.39. The van der Waals surface area contributed by atoms with Gasteiger partial charge >= 0.3 is 0 Å². The number of amides is 1. The summed E-state index contributed by atoms with van der Waals surface area (Å²) in [6.45, 7) is 1.44. The number of benzene rings is 2. The number of aromatic hydroxyl groups is 1. The number of ketones is 1. The van der Waals surface area contributed by atoms with Crippen molar-refractivity contribution >= 4 is 23.5 Å². The fraction of sp³-hybridized carbons (Fsp3) is 0.0588. The molecule has 0 spiro atoms. The van der Waals surface area contributed by atoms with Crippen LogP contribution in [0.15, 0.2) is 48.2 Å². The second-order valence-corrected chi connectivity index (χ2v) is 4.92.